The van der Waals surface area contributed by atoms with Gasteiger partial charge in [-0.1, -0.05) is 59.2 Å². The molecule has 0 fully saturated rings. The molecule has 1 aromatic heterocycles. The fourth-order valence-electron chi connectivity index (χ4n) is 3.59. The van der Waals surface area contributed by atoms with Crippen molar-refractivity contribution >= 4 is 29.2 Å². The van der Waals surface area contributed by atoms with E-state index in [1.54, 1.807) is 4.90 Å². The van der Waals surface area contributed by atoms with Crippen LogP contribution in [0.4, 0.5) is 10.5 Å². The van der Waals surface area contributed by atoms with Crippen molar-refractivity contribution < 1.29 is 14.3 Å². The van der Waals surface area contributed by atoms with Crippen LogP contribution in [0.3, 0.4) is 0 Å². The minimum Gasteiger partial charge on any atom is -0.361 e. The number of carbonyl (C=O) groups is 2. The Morgan fingerprint density at radius 3 is 2.16 bits per heavy atom. The van der Waals surface area contributed by atoms with Crippen molar-refractivity contribution in [2.24, 2.45) is 0 Å². The number of benzene rings is 1. The van der Waals surface area contributed by atoms with Gasteiger partial charge < -0.3 is 15.9 Å². The number of unbranched alkanes of at least 4 members (excludes halogenated alkanes) is 1. The summed E-state index contributed by atoms with van der Waals surface area (Å²) in [6, 6.07) is 5.60. The predicted molar refractivity (Wildman–Crippen MR) is 154 cm³/mol. The maximum Gasteiger partial charge on any atom is 0.373 e. The van der Waals surface area contributed by atoms with Crippen LogP contribution in [-0.4, -0.2) is 51.2 Å². The molecule has 214 valence electrons. The van der Waals surface area contributed by atoms with Crippen molar-refractivity contribution in [3.8, 4) is 0 Å². The van der Waals surface area contributed by atoms with E-state index in [0.717, 1.165) is 51.9 Å². The zero-order chi connectivity index (χ0) is 29.0. The van der Waals surface area contributed by atoms with Gasteiger partial charge in [0.25, 0.3) is 0 Å². The number of aryl methyl sites for hydroxylation is 2. The van der Waals surface area contributed by atoms with E-state index < -0.39 is 17.3 Å². The number of rotatable bonds is 10. The highest BCUT2D eigenvalue weighted by Crippen LogP contribution is 2.27. The SMILES string of the molecule is CC(C)c1nn(C(=O)NC(C)(C)C)c(=O)n1N.CCCCOCN(C(=O)CCl)c1c(CC)cccc1CC. The van der Waals surface area contributed by atoms with Crippen LogP contribution in [-0.2, 0) is 22.4 Å². The highest BCUT2D eigenvalue weighted by atomic mass is 35.5. The highest BCUT2D eigenvalue weighted by molar-refractivity contribution is 6.29. The van der Waals surface area contributed by atoms with E-state index in [-0.39, 0.29) is 24.4 Å². The molecule has 0 unspecified atom stereocenters. The topological polar surface area (TPSA) is 124 Å². The monoisotopic (exact) mass is 552 g/mol. The number of para-hydroxylation sites is 1. The Bertz CT molecular complexity index is 1080. The lowest BCUT2D eigenvalue weighted by atomic mass is 10.0. The highest BCUT2D eigenvalue weighted by Gasteiger charge is 2.22. The fourth-order valence-corrected chi connectivity index (χ4v) is 3.73. The molecule has 0 saturated carbocycles. The van der Waals surface area contributed by atoms with Gasteiger partial charge in [-0.15, -0.1) is 21.4 Å². The maximum absolute atomic E-state index is 12.2. The smallest absolute Gasteiger partial charge is 0.361 e. The van der Waals surface area contributed by atoms with Crippen molar-refractivity contribution in [1.82, 2.24) is 19.8 Å². The summed E-state index contributed by atoms with van der Waals surface area (Å²) in [5.74, 6) is 5.75. The number of ether oxygens (including phenoxy) is 1. The lowest BCUT2D eigenvalue weighted by Gasteiger charge is -2.26. The second-order valence-corrected chi connectivity index (χ2v) is 10.5. The van der Waals surface area contributed by atoms with Crippen LogP contribution in [0.2, 0.25) is 0 Å². The van der Waals surface area contributed by atoms with Gasteiger partial charge >= 0.3 is 11.7 Å². The van der Waals surface area contributed by atoms with Crippen LogP contribution in [0.25, 0.3) is 0 Å². The van der Waals surface area contributed by atoms with Crippen LogP contribution in [0, 0.1) is 0 Å². The molecule has 10 nitrogen and oxygen atoms in total. The lowest BCUT2D eigenvalue weighted by Crippen LogP contribution is -2.47. The van der Waals surface area contributed by atoms with Gasteiger partial charge in [0.2, 0.25) is 5.91 Å². The van der Waals surface area contributed by atoms with Gasteiger partial charge in [0.1, 0.15) is 12.6 Å². The largest absolute Gasteiger partial charge is 0.373 e. The summed E-state index contributed by atoms with van der Waals surface area (Å²) in [5.41, 5.74) is 2.21. The number of halogens is 1. The molecule has 0 radical (unpaired) electrons. The zero-order valence-electron chi connectivity index (χ0n) is 24.1. The molecule has 1 aromatic carbocycles. The number of nitrogens with one attached hydrogen (secondary N) is 1. The normalized spacial score (nSPS) is 11.2. The maximum atomic E-state index is 12.2. The third-order valence-electron chi connectivity index (χ3n) is 5.54. The zero-order valence-corrected chi connectivity index (χ0v) is 24.9. The van der Waals surface area contributed by atoms with E-state index in [1.165, 1.54) is 0 Å². The van der Waals surface area contributed by atoms with Gasteiger partial charge in [0.05, 0.1) is 5.69 Å². The number of hydrogen-bond donors (Lipinski definition) is 2. The molecule has 0 bridgehead atoms. The minimum absolute atomic E-state index is 0.0294. The molecule has 0 aliphatic carbocycles. The summed E-state index contributed by atoms with van der Waals surface area (Å²) >= 11 is 5.78. The van der Waals surface area contributed by atoms with Crippen molar-refractivity contribution in [1.29, 1.82) is 0 Å². The van der Waals surface area contributed by atoms with E-state index in [4.69, 9.17) is 22.2 Å². The Balaban J connectivity index is 0.000000389. The number of amides is 2. The molecule has 3 N–H and O–H groups in total. The number of nitrogen functional groups attached to an aromatic ring is 1. The molecule has 2 rings (SSSR count). The molecule has 0 aliphatic heterocycles. The number of anilines is 1. The first-order chi connectivity index (χ1) is 17.8. The number of carbonyl (C=O) groups excluding carboxylic acids is 2. The van der Waals surface area contributed by atoms with Crippen LogP contribution in [0.1, 0.15) is 91.1 Å². The predicted octanol–water partition coefficient (Wildman–Crippen LogP) is 4.40. The van der Waals surface area contributed by atoms with Crippen molar-refractivity contribution in [3.63, 3.8) is 0 Å². The van der Waals surface area contributed by atoms with Gasteiger partial charge in [-0.05, 0) is 51.2 Å². The molecule has 0 spiro atoms. The first kappa shape index (κ1) is 33.2. The van der Waals surface area contributed by atoms with Crippen molar-refractivity contribution in [2.75, 3.05) is 30.0 Å². The Labute approximate surface area is 231 Å². The fraction of sp³-hybridized carbons (Fsp3) is 0.630. The van der Waals surface area contributed by atoms with Gasteiger partial charge in [0, 0.05) is 18.1 Å². The standard InChI is InChI=1S/C17H26ClNO2.C10H19N5O2/c1-4-7-11-21-13-19(16(20)12-18)17-14(5-2)9-8-10-15(17)6-3;1-6(2)7-13-15(9(17)14(7)11)8(16)12-10(3,4)5/h8-10H,4-7,11-13H2,1-3H3;6H,11H2,1-5H3,(H,12,16). The van der Waals surface area contributed by atoms with Crippen LogP contribution < -0.4 is 21.7 Å². The Morgan fingerprint density at radius 2 is 1.74 bits per heavy atom. The Kier molecular flexibility index (Phi) is 13.6. The van der Waals surface area contributed by atoms with E-state index in [0.29, 0.717) is 12.4 Å². The molecule has 0 atom stereocenters. The first-order valence-electron chi connectivity index (χ1n) is 13.2. The summed E-state index contributed by atoms with van der Waals surface area (Å²) in [4.78, 5) is 37.4. The summed E-state index contributed by atoms with van der Waals surface area (Å²) in [5, 5.41) is 6.57. The van der Waals surface area contributed by atoms with E-state index >= 15 is 0 Å². The summed E-state index contributed by atoms with van der Waals surface area (Å²) in [7, 11) is 0. The van der Waals surface area contributed by atoms with E-state index in [2.05, 4.69) is 43.3 Å². The Hall–Kier alpha value is -2.85. The van der Waals surface area contributed by atoms with E-state index in [9.17, 15) is 14.4 Å². The number of nitrogens with two attached hydrogens (primary N) is 1. The molecule has 38 heavy (non-hydrogen) atoms. The van der Waals surface area contributed by atoms with Gasteiger partial charge in [0.15, 0.2) is 5.82 Å². The third-order valence-corrected chi connectivity index (χ3v) is 5.77. The second-order valence-electron chi connectivity index (χ2n) is 10.2. The molecular weight excluding hydrogens is 508 g/mol. The average Bonchev–Trinajstić information content (AvgIpc) is 3.17. The van der Waals surface area contributed by atoms with Gasteiger partial charge in [-0.25, -0.2) is 9.59 Å². The second kappa shape index (κ2) is 15.5. The molecule has 1 heterocycles. The molecule has 0 aliphatic rings. The molecule has 2 amide bonds. The Morgan fingerprint density at radius 1 is 1.16 bits per heavy atom. The summed E-state index contributed by atoms with van der Waals surface area (Å²) in [6.45, 7) is 16.4. The summed E-state index contributed by atoms with van der Waals surface area (Å²) in [6.07, 6.45) is 3.84. The van der Waals surface area contributed by atoms with Crippen LogP contribution in [0.15, 0.2) is 23.0 Å². The quantitative estimate of drug-likeness (QED) is 0.195. The molecule has 2 aromatic rings. The summed E-state index contributed by atoms with van der Waals surface area (Å²) < 4.78 is 7.31. The third kappa shape index (κ3) is 9.47. The number of nitrogens with zero attached hydrogens (tertiary/aromatic N) is 4. The number of alkyl halides is 1. The van der Waals surface area contributed by atoms with Crippen LogP contribution >= 0.6 is 11.6 Å². The first-order valence-corrected chi connectivity index (χ1v) is 13.7. The molecular formula is C27H45ClN6O4. The number of aromatic nitrogens is 3. The number of hydrogen-bond acceptors (Lipinski definition) is 6. The van der Waals surface area contributed by atoms with Crippen molar-refractivity contribution in [2.45, 2.75) is 92.5 Å². The van der Waals surface area contributed by atoms with Crippen LogP contribution in [0.5, 0.6) is 0 Å². The van der Waals surface area contributed by atoms with E-state index in [1.807, 2.05) is 40.7 Å². The average molecular weight is 553 g/mol. The van der Waals surface area contributed by atoms with Gasteiger partial charge in [-0.3, -0.25) is 9.69 Å². The van der Waals surface area contributed by atoms with Gasteiger partial charge in [-0.2, -0.15) is 4.68 Å². The minimum atomic E-state index is -0.643. The lowest BCUT2D eigenvalue weighted by molar-refractivity contribution is -0.117. The van der Waals surface area contributed by atoms with Crippen molar-refractivity contribution in [3.05, 3.63) is 45.6 Å². The molecule has 11 heteroatoms. The molecule has 0 saturated heterocycles.